The van der Waals surface area contributed by atoms with Crippen LogP contribution in [0.2, 0.25) is 0 Å². The van der Waals surface area contributed by atoms with Crippen molar-refractivity contribution < 1.29 is 14.7 Å². The summed E-state index contributed by atoms with van der Waals surface area (Å²) in [6.07, 6.45) is 2.66. The van der Waals surface area contributed by atoms with Crippen molar-refractivity contribution in [2.45, 2.75) is 19.8 Å². The maximum atomic E-state index is 12.0. The molecule has 2 N–H and O–H groups in total. The van der Waals surface area contributed by atoms with Gasteiger partial charge in [0.05, 0.1) is 11.8 Å². The molecular formula is C12H15N3O3. The molecule has 1 aliphatic rings. The third-order valence-electron chi connectivity index (χ3n) is 3.28. The highest BCUT2D eigenvalue weighted by Gasteiger charge is 2.41. The number of amides is 1. The van der Waals surface area contributed by atoms with Gasteiger partial charge in [-0.2, -0.15) is 5.10 Å². The van der Waals surface area contributed by atoms with Crippen molar-refractivity contribution in [3.63, 3.8) is 0 Å². The number of anilines is 1. The Bertz CT molecular complexity index is 449. The fraction of sp³-hybridized carbons (Fsp3) is 0.500. The number of aliphatic carboxylic acids is 1. The van der Waals surface area contributed by atoms with Gasteiger partial charge in [0.15, 0.2) is 5.82 Å². The Kier molecular flexibility index (Phi) is 3.55. The molecule has 0 saturated heterocycles. The van der Waals surface area contributed by atoms with Gasteiger partial charge >= 0.3 is 5.97 Å². The summed E-state index contributed by atoms with van der Waals surface area (Å²) in [6.45, 7) is 1.96. The zero-order chi connectivity index (χ0) is 13.1. The van der Waals surface area contributed by atoms with Crippen LogP contribution in [0.25, 0.3) is 0 Å². The van der Waals surface area contributed by atoms with Crippen LogP contribution >= 0.6 is 0 Å². The van der Waals surface area contributed by atoms with Crippen LogP contribution in [0.1, 0.15) is 19.8 Å². The molecule has 1 aromatic heterocycles. The first-order valence-corrected chi connectivity index (χ1v) is 5.89. The smallest absolute Gasteiger partial charge is 0.307 e. The summed E-state index contributed by atoms with van der Waals surface area (Å²) in [5, 5.41) is 19.1. The minimum atomic E-state index is -0.904. The summed E-state index contributed by atoms with van der Waals surface area (Å²) in [4.78, 5) is 23.1. The number of hydrogen-bond donors (Lipinski definition) is 2. The van der Waals surface area contributed by atoms with Gasteiger partial charge in [0.25, 0.3) is 0 Å². The van der Waals surface area contributed by atoms with Crippen molar-refractivity contribution in [2.75, 3.05) is 5.32 Å². The van der Waals surface area contributed by atoms with Crippen molar-refractivity contribution in [3.8, 4) is 0 Å². The van der Waals surface area contributed by atoms with Crippen LogP contribution in [0.15, 0.2) is 18.3 Å². The second-order valence-corrected chi connectivity index (χ2v) is 4.73. The van der Waals surface area contributed by atoms with E-state index in [9.17, 15) is 9.59 Å². The molecule has 3 unspecified atom stereocenters. The van der Waals surface area contributed by atoms with Crippen LogP contribution in [-0.2, 0) is 9.59 Å². The molecule has 2 rings (SSSR count). The second-order valence-electron chi connectivity index (χ2n) is 4.73. The maximum Gasteiger partial charge on any atom is 0.307 e. The van der Waals surface area contributed by atoms with E-state index in [2.05, 4.69) is 15.5 Å². The highest BCUT2D eigenvalue weighted by molar-refractivity contribution is 5.94. The molecule has 1 aliphatic carbocycles. The number of carbonyl (C=O) groups is 2. The Balaban J connectivity index is 2.06. The molecule has 6 nitrogen and oxygen atoms in total. The summed E-state index contributed by atoms with van der Waals surface area (Å²) in [5.41, 5.74) is 0. The van der Waals surface area contributed by atoms with Crippen LogP contribution in [0.4, 0.5) is 5.82 Å². The topological polar surface area (TPSA) is 92.2 Å². The zero-order valence-electron chi connectivity index (χ0n) is 10.0. The first-order valence-electron chi connectivity index (χ1n) is 5.89. The predicted octanol–water partition coefficient (Wildman–Crippen LogP) is 1.16. The van der Waals surface area contributed by atoms with E-state index in [0.29, 0.717) is 18.7 Å². The fourth-order valence-corrected chi connectivity index (χ4v) is 2.44. The number of nitrogens with zero attached hydrogens (tertiary/aromatic N) is 2. The normalized spacial score (nSPS) is 26.8. The van der Waals surface area contributed by atoms with Crippen molar-refractivity contribution in [3.05, 3.63) is 18.3 Å². The minimum absolute atomic E-state index is 0.253. The number of hydrogen-bond acceptors (Lipinski definition) is 4. The van der Waals surface area contributed by atoms with Gasteiger partial charge in [-0.1, -0.05) is 6.92 Å². The molecule has 0 spiro atoms. The van der Waals surface area contributed by atoms with Gasteiger partial charge < -0.3 is 10.4 Å². The molecule has 96 valence electrons. The third kappa shape index (κ3) is 2.64. The molecule has 1 saturated carbocycles. The highest BCUT2D eigenvalue weighted by atomic mass is 16.4. The second kappa shape index (κ2) is 5.12. The zero-order valence-corrected chi connectivity index (χ0v) is 10.0. The third-order valence-corrected chi connectivity index (χ3v) is 3.28. The van der Waals surface area contributed by atoms with Crippen molar-refractivity contribution >= 4 is 17.7 Å². The van der Waals surface area contributed by atoms with Gasteiger partial charge in [-0.15, -0.1) is 5.10 Å². The number of nitrogens with one attached hydrogen (secondary N) is 1. The molecule has 0 aliphatic heterocycles. The van der Waals surface area contributed by atoms with Crippen molar-refractivity contribution in [1.29, 1.82) is 0 Å². The quantitative estimate of drug-likeness (QED) is 0.838. The average molecular weight is 249 g/mol. The molecule has 0 bridgehead atoms. The molecule has 18 heavy (non-hydrogen) atoms. The van der Waals surface area contributed by atoms with Crippen molar-refractivity contribution in [2.24, 2.45) is 17.8 Å². The largest absolute Gasteiger partial charge is 0.481 e. The Labute approximate surface area is 104 Å². The average Bonchev–Trinajstić information content (AvgIpc) is 2.73. The SMILES string of the molecule is CC1CC(C(=O)O)C(C(=O)Nc2cccnn2)C1. The Morgan fingerprint density at radius 2 is 2.11 bits per heavy atom. The van der Waals surface area contributed by atoms with E-state index in [4.69, 9.17) is 5.11 Å². The van der Waals surface area contributed by atoms with Crippen LogP contribution in [0, 0.1) is 17.8 Å². The van der Waals surface area contributed by atoms with Crippen LogP contribution in [0.3, 0.4) is 0 Å². The van der Waals surface area contributed by atoms with Gasteiger partial charge in [0.1, 0.15) is 0 Å². The molecule has 1 fully saturated rings. The van der Waals surface area contributed by atoms with E-state index in [1.54, 1.807) is 12.1 Å². The predicted molar refractivity (Wildman–Crippen MR) is 63.7 cm³/mol. The van der Waals surface area contributed by atoms with E-state index in [1.165, 1.54) is 6.20 Å². The van der Waals surface area contributed by atoms with Crippen LogP contribution < -0.4 is 5.32 Å². The molecule has 1 aromatic rings. The highest BCUT2D eigenvalue weighted by Crippen LogP contribution is 2.36. The first-order chi connectivity index (χ1) is 8.58. The lowest BCUT2D eigenvalue weighted by Gasteiger charge is -2.14. The number of carboxylic acid groups (broad SMARTS) is 1. The number of carboxylic acids is 1. The molecule has 0 radical (unpaired) electrons. The van der Waals surface area contributed by atoms with Gasteiger partial charge in [0, 0.05) is 6.20 Å². The first kappa shape index (κ1) is 12.5. The standard InChI is InChI=1S/C12H15N3O3/c1-7-5-8(9(6-7)12(17)18)11(16)14-10-3-2-4-13-15-10/h2-4,7-9H,5-6H2,1H3,(H,17,18)(H,14,15,16). The minimum Gasteiger partial charge on any atom is -0.481 e. The van der Waals surface area contributed by atoms with Crippen LogP contribution in [-0.4, -0.2) is 27.2 Å². The van der Waals surface area contributed by atoms with E-state index >= 15 is 0 Å². The molecule has 1 heterocycles. The lowest BCUT2D eigenvalue weighted by molar-refractivity contribution is -0.145. The Hall–Kier alpha value is -1.98. The Morgan fingerprint density at radius 1 is 1.39 bits per heavy atom. The molecule has 3 atom stereocenters. The maximum absolute atomic E-state index is 12.0. The molecule has 0 aromatic carbocycles. The van der Waals surface area contributed by atoms with Crippen molar-refractivity contribution in [1.82, 2.24) is 10.2 Å². The summed E-state index contributed by atoms with van der Waals surface area (Å²) in [5.74, 6) is -1.67. The molecule has 6 heteroatoms. The summed E-state index contributed by atoms with van der Waals surface area (Å²) >= 11 is 0. The summed E-state index contributed by atoms with van der Waals surface area (Å²) < 4.78 is 0. The monoisotopic (exact) mass is 249 g/mol. The van der Waals surface area contributed by atoms with Gasteiger partial charge in [-0.3, -0.25) is 9.59 Å². The van der Waals surface area contributed by atoms with E-state index in [-0.39, 0.29) is 11.8 Å². The molecular weight excluding hydrogens is 234 g/mol. The Morgan fingerprint density at radius 3 is 2.72 bits per heavy atom. The fourth-order valence-electron chi connectivity index (χ4n) is 2.44. The van der Waals surface area contributed by atoms with Gasteiger partial charge in [-0.05, 0) is 30.9 Å². The number of rotatable bonds is 3. The lowest BCUT2D eigenvalue weighted by Crippen LogP contribution is -2.30. The summed E-state index contributed by atoms with van der Waals surface area (Å²) in [6, 6.07) is 3.29. The van der Waals surface area contributed by atoms with E-state index < -0.39 is 17.8 Å². The summed E-state index contributed by atoms with van der Waals surface area (Å²) in [7, 11) is 0. The lowest BCUT2D eigenvalue weighted by atomic mass is 9.95. The number of carbonyl (C=O) groups excluding carboxylic acids is 1. The molecule has 1 amide bonds. The van der Waals surface area contributed by atoms with E-state index in [1.807, 2.05) is 6.92 Å². The van der Waals surface area contributed by atoms with Gasteiger partial charge in [0.2, 0.25) is 5.91 Å². The van der Waals surface area contributed by atoms with Gasteiger partial charge in [-0.25, -0.2) is 0 Å². The van der Waals surface area contributed by atoms with Crippen LogP contribution in [0.5, 0.6) is 0 Å². The van der Waals surface area contributed by atoms with E-state index in [0.717, 1.165) is 0 Å². The number of aromatic nitrogens is 2.